The van der Waals surface area contributed by atoms with E-state index in [1.807, 2.05) is 12.1 Å². The van der Waals surface area contributed by atoms with Crippen LogP contribution in [0.3, 0.4) is 0 Å². The molecule has 1 atom stereocenters. The summed E-state index contributed by atoms with van der Waals surface area (Å²) in [7, 11) is 1.35. The van der Waals surface area contributed by atoms with Crippen molar-refractivity contribution in [3.63, 3.8) is 0 Å². The summed E-state index contributed by atoms with van der Waals surface area (Å²) < 4.78 is 4.75. The van der Waals surface area contributed by atoms with E-state index in [1.165, 1.54) is 23.7 Å². The molecule has 3 rings (SSSR count). The number of nitrogens with zero attached hydrogens (tertiary/aromatic N) is 5. The molecule has 2 aromatic rings. The number of thioether (sulfide) groups is 1. The molecule has 1 aromatic carbocycles. The van der Waals surface area contributed by atoms with Crippen molar-refractivity contribution in [1.29, 1.82) is 0 Å². The molecule has 0 bridgehead atoms. The van der Waals surface area contributed by atoms with E-state index in [2.05, 4.69) is 15.4 Å². The maximum absolute atomic E-state index is 12.4. The summed E-state index contributed by atoms with van der Waals surface area (Å²) in [5, 5.41) is 12.2. The Morgan fingerprint density at radius 3 is 2.96 bits per heavy atom. The number of benzene rings is 1. The van der Waals surface area contributed by atoms with Crippen molar-refractivity contribution < 1.29 is 14.3 Å². The standard InChI is InChI=1S/C15H16ClN5O3S/c1-24-15(23)12-8-20(6-7-25-12)13(22)9-21-18-14(17-19-21)10-4-2-3-5-11(10)16/h2-5,12H,6-9H2,1H3/t12-/m0/s1. The number of halogens is 1. The number of methoxy groups -OCH3 is 1. The molecule has 0 spiro atoms. The monoisotopic (exact) mass is 381 g/mol. The van der Waals surface area contributed by atoms with Crippen LogP contribution in [0.5, 0.6) is 0 Å². The number of carbonyl (C=O) groups is 2. The van der Waals surface area contributed by atoms with E-state index >= 15 is 0 Å². The van der Waals surface area contributed by atoms with Gasteiger partial charge in [0.1, 0.15) is 11.8 Å². The number of esters is 1. The fourth-order valence-corrected chi connectivity index (χ4v) is 3.78. The van der Waals surface area contributed by atoms with Gasteiger partial charge in [0.2, 0.25) is 11.7 Å². The minimum atomic E-state index is -0.356. The Balaban J connectivity index is 1.66. The van der Waals surface area contributed by atoms with Crippen molar-refractivity contribution >= 4 is 35.2 Å². The van der Waals surface area contributed by atoms with E-state index in [0.717, 1.165) is 0 Å². The van der Waals surface area contributed by atoms with Gasteiger partial charge in [0, 0.05) is 24.4 Å². The summed E-state index contributed by atoms with van der Waals surface area (Å²) in [6, 6.07) is 7.16. The second-order valence-electron chi connectivity index (χ2n) is 5.35. The third-order valence-electron chi connectivity index (χ3n) is 3.73. The number of hydrogen-bond acceptors (Lipinski definition) is 7. The van der Waals surface area contributed by atoms with Crippen LogP contribution in [-0.4, -0.2) is 68.2 Å². The summed E-state index contributed by atoms with van der Waals surface area (Å²) in [4.78, 5) is 27.0. The molecule has 0 N–H and O–H groups in total. The number of carbonyl (C=O) groups excluding carboxylic acids is 2. The van der Waals surface area contributed by atoms with E-state index in [1.54, 1.807) is 17.0 Å². The van der Waals surface area contributed by atoms with Gasteiger partial charge in [-0.25, -0.2) is 0 Å². The van der Waals surface area contributed by atoms with Gasteiger partial charge in [0.15, 0.2) is 0 Å². The molecule has 0 saturated carbocycles. The zero-order valence-corrected chi connectivity index (χ0v) is 15.0. The largest absolute Gasteiger partial charge is 0.468 e. The van der Waals surface area contributed by atoms with Crippen molar-refractivity contribution in [2.45, 2.75) is 11.8 Å². The van der Waals surface area contributed by atoms with Crippen molar-refractivity contribution in [2.75, 3.05) is 26.0 Å². The van der Waals surface area contributed by atoms with Crippen molar-refractivity contribution in [2.24, 2.45) is 0 Å². The van der Waals surface area contributed by atoms with Gasteiger partial charge in [-0.1, -0.05) is 23.7 Å². The molecule has 1 fully saturated rings. The lowest BCUT2D eigenvalue weighted by atomic mass is 10.2. The third kappa shape index (κ3) is 4.10. The maximum Gasteiger partial charge on any atom is 0.320 e. The van der Waals surface area contributed by atoms with Crippen molar-refractivity contribution in [3.05, 3.63) is 29.3 Å². The Bertz CT molecular complexity index is 784. The first-order valence-electron chi connectivity index (χ1n) is 7.58. The smallest absolute Gasteiger partial charge is 0.320 e. The lowest BCUT2D eigenvalue weighted by Crippen LogP contribution is -2.46. The Labute approximate surface area is 153 Å². The summed E-state index contributed by atoms with van der Waals surface area (Å²) in [6.45, 7) is 0.849. The van der Waals surface area contributed by atoms with Gasteiger partial charge >= 0.3 is 5.97 Å². The maximum atomic E-state index is 12.4. The minimum absolute atomic E-state index is 0.0456. The number of ether oxygens (including phenoxy) is 1. The lowest BCUT2D eigenvalue weighted by molar-refractivity contribution is -0.141. The highest BCUT2D eigenvalue weighted by Crippen LogP contribution is 2.24. The van der Waals surface area contributed by atoms with Gasteiger partial charge in [-0.05, 0) is 17.3 Å². The van der Waals surface area contributed by atoms with Crippen LogP contribution < -0.4 is 0 Å². The number of tetrazole rings is 1. The fourth-order valence-electron chi connectivity index (χ4n) is 2.43. The molecular weight excluding hydrogens is 366 g/mol. The first-order valence-corrected chi connectivity index (χ1v) is 9.01. The van der Waals surface area contributed by atoms with Gasteiger partial charge in [-0.3, -0.25) is 9.59 Å². The molecule has 8 nitrogen and oxygen atoms in total. The molecule has 132 valence electrons. The second-order valence-corrected chi connectivity index (χ2v) is 7.06. The summed E-state index contributed by atoms with van der Waals surface area (Å²) in [5.74, 6) is 0.556. The Morgan fingerprint density at radius 2 is 2.20 bits per heavy atom. The molecule has 0 aliphatic carbocycles. The number of amides is 1. The van der Waals surface area contributed by atoms with Crippen LogP contribution in [0, 0.1) is 0 Å². The van der Waals surface area contributed by atoms with E-state index in [4.69, 9.17) is 16.3 Å². The van der Waals surface area contributed by atoms with Crippen LogP contribution in [0.2, 0.25) is 5.02 Å². The van der Waals surface area contributed by atoms with Gasteiger partial charge in [-0.15, -0.1) is 22.0 Å². The molecule has 1 amide bonds. The highest BCUT2D eigenvalue weighted by atomic mass is 35.5. The van der Waals surface area contributed by atoms with Crippen molar-refractivity contribution in [1.82, 2.24) is 25.1 Å². The Kier molecular flexibility index (Phi) is 5.54. The Hall–Kier alpha value is -2.13. The molecule has 0 radical (unpaired) electrons. The average Bonchev–Trinajstić information content (AvgIpc) is 3.09. The first kappa shape index (κ1) is 17.7. The van der Waals surface area contributed by atoms with Crippen molar-refractivity contribution in [3.8, 4) is 11.4 Å². The molecule has 1 aliphatic rings. The summed E-state index contributed by atoms with van der Waals surface area (Å²) in [5.41, 5.74) is 0.656. The normalized spacial score (nSPS) is 17.4. The van der Waals surface area contributed by atoms with E-state index in [-0.39, 0.29) is 23.7 Å². The quantitative estimate of drug-likeness (QED) is 0.732. The SMILES string of the molecule is COC(=O)[C@@H]1CN(C(=O)Cn2nnc(-c3ccccc3Cl)n2)CCS1. The molecule has 1 aliphatic heterocycles. The second kappa shape index (κ2) is 7.83. The summed E-state index contributed by atoms with van der Waals surface area (Å²) in [6.07, 6.45) is 0. The van der Waals surface area contributed by atoms with E-state index in [9.17, 15) is 9.59 Å². The average molecular weight is 382 g/mol. The predicted octanol–water partition coefficient (Wildman–Crippen LogP) is 1.11. The third-order valence-corrected chi connectivity index (χ3v) is 5.22. The summed E-state index contributed by atoms with van der Waals surface area (Å²) >= 11 is 7.61. The zero-order valence-electron chi connectivity index (χ0n) is 13.5. The van der Waals surface area contributed by atoms with Crippen LogP contribution in [0.15, 0.2) is 24.3 Å². The van der Waals surface area contributed by atoms with Gasteiger partial charge in [-0.2, -0.15) is 4.80 Å². The van der Waals surface area contributed by atoms with Crippen LogP contribution in [0.4, 0.5) is 0 Å². The molecule has 0 unspecified atom stereocenters. The van der Waals surface area contributed by atoms with Crippen LogP contribution >= 0.6 is 23.4 Å². The van der Waals surface area contributed by atoms with Crippen LogP contribution in [0.25, 0.3) is 11.4 Å². The fraction of sp³-hybridized carbons (Fsp3) is 0.400. The Morgan fingerprint density at radius 1 is 1.40 bits per heavy atom. The number of hydrogen-bond donors (Lipinski definition) is 0. The predicted molar refractivity (Wildman–Crippen MR) is 93.1 cm³/mol. The zero-order chi connectivity index (χ0) is 17.8. The number of aromatic nitrogens is 4. The van der Waals surface area contributed by atoms with E-state index < -0.39 is 0 Å². The molecule has 1 aromatic heterocycles. The van der Waals surface area contributed by atoms with E-state index in [0.29, 0.717) is 35.3 Å². The topological polar surface area (TPSA) is 90.2 Å². The lowest BCUT2D eigenvalue weighted by Gasteiger charge is -2.30. The van der Waals surface area contributed by atoms with Crippen LogP contribution in [0.1, 0.15) is 0 Å². The van der Waals surface area contributed by atoms with Gasteiger partial charge in [0.25, 0.3) is 0 Å². The highest BCUT2D eigenvalue weighted by Gasteiger charge is 2.30. The minimum Gasteiger partial charge on any atom is -0.468 e. The molecule has 10 heteroatoms. The molecule has 25 heavy (non-hydrogen) atoms. The van der Waals surface area contributed by atoms with Gasteiger partial charge < -0.3 is 9.64 Å². The molecular formula is C15H16ClN5O3S. The highest BCUT2D eigenvalue weighted by molar-refractivity contribution is 8.00. The van der Waals surface area contributed by atoms with Gasteiger partial charge in [0.05, 0.1) is 12.1 Å². The number of rotatable bonds is 4. The molecule has 2 heterocycles. The first-order chi connectivity index (χ1) is 12.1. The molecule has 1 saturated heterocycles. The van der Waals surface area contributed by atoms with Crippen LogP contribution in [-0.2, 0) is 20.9 Å².